The number of anilines is 1. The Hall–Kier alpha value is -1.28. The van der Waals surface area contributed by atoms with Crippen LogP contribution in [-0.4, -0.2) is 0 Å². The van der Waals surface area contributed by atoms with Crippen molar-refractivity contribution < 1.29 is 0 Å². The molecule has 2 heteroatoms. The monoisotopic (exact) mass is 343 g/mol. The Labute approximate surface area is 135 Å². The molecule has 1 unspecified atom stereocenters. The van der Waals surface area contributed by atoms with E-state index >= 15 is 0 Å². The quantitative estimate of drug-likeness (QED) is 0.741. The van der Waals surface area contributed by atoms with Crippen LogP contribution in [0.2, 0.25) is 0 Å². The predicted octanol–water partition coefficient (Wildman–Crippen LogP) is 5.81. The summed E-state index contributed by atoms with van der Waals surface area (Å²) in [5, 5.41) is 3.63. The van der Waals surface area contributed by atoms with E-state index in [1.165, 1.54) is 42.5 Å². The first-order valence-corrected chi connectivity index (χ1v) is 8.57. The van der Waals surface area contributed by atoms with Crippen LogP contribution in [0.15, 0.2) is 40.9 Å². The van der Waals surface area contributed by atoms with Gasteiger partial charge in [0, 0.05) is 16.2 Å². The van der Waals surface area contributed by atoms with Gasteiger partial charge >= 0.3 is 0 Å². The molecule has 0 bridgehead atoms. The predicted molar refractivity (Wildman–Crippen MR) is 94.0 cm³/mol. The first-order valence-electron chi connectivity index (χ1n) is 7.78. The number of aryl methyl sites for hydroxylation is 3. The van der Waals surface area contributed by atoms with Crippen LogP contribution < -0.4 is 5.32 Å². The molecule has 0 spiro atoms. The van der Waals surface area contributed by atoms with E-state index in [4.69, 9.17) is 0 Å². The fourth-order valence-electron chi connectivity index (χ4n) is 3.09. The average Bonchev–Trinajstić information content (AvgIpc) is 2.50. The highest BCUT2D eigenvalue weighted by Crippen LogP contribution is 2.29. The van der Waals surface area contributed by atoms with Crippen LogP contribution in [0.1, 0.15) is 48.1 Å². The molecule has 0 aliphatic heterocycles. The van der Waals surface area contributed by atoms with Gasteiger partial charge in [0.2, 0.25) is 0 Å². The lowest BCUT2D eigenvalue weighted by molar-refractivity contribution is 0.683. The highest BCUT2D eigenvalue weighted by atomic mass is 79.9. The molecule has 1 nitrogen and oxygen atoms in total. The number of benzene rings is 2. The highest BCUT2D eigenvalue weighted by Gasteiger charge is 2.13. The van der Waals surface area contributed by atoms with Crippen molar-refractivity contribution in [1.82, 2.24) is 0 Å². The molecule has 1 aliphatic rings. The minimum atomic E-state index is 0.315. The van der Waals surface area contributed by atoms with E-state index in [1.54, 1.807) is 11.1 Å². The Bertz CT molecular complexity index is 648. The van der Waals surface area contributed by atoms with E-state index in [0.29, 0.717) is 6.04 Å². The molecule has 3 rings (SSSR count). The summed E-state index contributed by atoms with van der Waals surface area (Å²) in [7, 11) is 0. The van der Waals surface area contributed by atoms with Gasteiger partial charge in [0.25, 0.3) is 0 Å². The fraction of sp³-hybridized carbons (Fsp3) is 0.368. The lowest BCUT2D eigenvalue weighted by atomic mass is 9.89. The second-order valence-electron chi connectivity index (χ2n) is 6.08. The molecule has 21 heavy (non-hydrogen) atoms. The van der Waals surface area contributed by atoms with Gasteiger partial charge in [-0.2, -0.15) is 0 Å². The van der Waals surface area contributed by atoms with Crippen LogP contribution in [0.4, 0.5) is 5.69 Å². The molecule has 2 aromatic carbocycles. The van der Waals surface area contributed by atoms with Crippen LogP contribution in [0.5, 0.6) is 0 Å². The van der Waals surface area contributed by atoms with Crippen LogP contribution >= 0.6 is 15.9 Å². The van der Waals surface area contributed by atoms with E-state index in [9.17, 15) is 0 Å². The number of hydrogen-bond donors (Lipinski definition) is 1. The molecule has 0 fully saturated rings. The van der Waals surface area contributed by atoms with Gasteiger partial charge in [0.15, 0.2) is 0 Å². The SMILES string of the molecule is Cc1ccc(Br)c(NC(C)c2ccc3c(c2)CCCC3)c1. The second kappa shape index (κ2) is 6.23. The Morgan fingerprint density at radius 3 is 2.57 bits per heavy atom. The number of halogens is 1. The molecule has 2 aromatic rings. The van der Waals surface area contributed by atoms with Crippen molar-refractivity contribution >= 4 is 21.6 Å². The van der Waals surface area contributed by atoms with E-state index in [2.05, 4.69) is 71.5 Å². The lowest BCUT2D eigenvalue weighted by Crippen LogP contribution is -2.10. The molecule has 0 saturated heterocycles. The summed E-state index contributed by atoms with van der Waals surface area (Å²) in [5.74, 6) is 0. The summed E-state index contributed by atoms with van der Waals surface area (Å²) in [6.45, 7) is 4.36. The zero-order chi connectivity index (χ0) is 14.8. The van der Waals surface area contributed by atoms with Gasteiger partial charge in [-0.25, -0.2) is 0 Å². The van der Waals surface area contributed by atoms with Gasteiger partial charge in [-0.1, -0.05) is 24.3 Å². The lowest BCUT2D eigenvalue weighted by Gasteiger charge is -2.21. The first-order chi connectivity index (χ1) is 10.1. The Balaban J connectivity index is 1.82. The molecule has 0 saturated carbocycles. The van der Waals surface area contributed by atoms with Gasteiger partial charge in [-0.05, 0) is 89.8 Å². The molecule has 0 heterocycles. The standard InChI is InChI=1S/C19H22BrN/c1-13-7-10-18(20)19(11-13)21-14(2)16-9-8-15-5-3-4-6-17(15)12-16/h7-12,14,21H,3-6H2,1-2H3. The van der Waals surface area contributed by atoms with Crippen molar-refractivity contribution in [3.8, 4) is 0 Å². The molecular weight excluding hydrogens is 322 g/mol. The fourth-order valence-corrected chi connectivity index (χ4v) is 3.45. The minimum absolute atomic E-state index is 0.315. The molecule has 0 radical (unpaired) electrons. The van der Waals surface area contributed by atoms with E-state index in [1.807, 2.05) is 0 Å². The van der Waals surface area contributed by atoms with Crippen LogP contribution in [0.25, 0.3) is 0 Å². The van der Waals surface area contributed by atoms with Crippen molar-refractivity contribution in [2.75, 3.05) is 5.32 Å². The van der Waals surface area contributed by atoms with Crippen molar-refractivity contribution in [1.29, 1.82) is 0 Å². The normalized spacial score (nSPS) is 15.4. The smallest absolute Gasteiger partial charge is 0.0491 e. The third-order valence-corrected chi connectivity index (χ3v) is 5.06. The van der Waals surface area contributed by atoms with E-state index in [0.717, 1.165) is 4.47 Å². The maximum absolute atomic E-state index is 3.63. The average molecular weight is 344 g/mol. The summed E-state index contributed by atoms with van der Waals surface area (Å²) in [6.07, 6.45) is 5.17. The second-order valence-corrected chi connectivity index (χ2v) is 6.94. The Morgan fingerprint density at radius 1 is 1.00 bits per heavy atom. The van der Waals surface area contributed by atoms with Crippen molar-refractivity contribution in [3.05, 3.63) is 63.1 Å². The van der Waals surface area contributed by atoms with Crippen molar-refractivity contribution in [2.24, 2.45) is 0 Å². The summed E-state index contributed by atoms with van der Waals surface area (Å²) >= 11 is 3.63. The summed E-state index contributed by atoms with van der Waals surface area (Å²) < 4.78 is 1.12. The van der Waals surface area contributed by atoms with Crippen LogP contribution in [0.3, 0.4) is 0 Å². The maximum atomic E-state index is 3.63. The third kappa shape index (κ3) is 3.32. The highest BCUT2D eigenvalue weighted by molar-refractivity contribution is 9.10. The first kappa shape index (κ1) is 14.6. The van der Waals surface area contributed by atoms with E-state index in [-0.39, 0.29) is 0 Å². The zero-order valence-electron chi connectivity index (χ0n) is 12.7. The third-order valence-electron chi connectivity index (χ3n) is 4.37. The van der Waals surface area contributed by atoms with Crippen molar-refractivity contribution in [2.45, 2.75) is 45.6 Å². The molecule has 0 aromatic heterocycles. The van der Waals surface area contributed by atoms with Gasteiger partial charge in [0.05, 0.1) is 0 Å². The molecule has 1 N–H and O–H groups in total. The molecule has 1 atom stereocenters. The molecular formula is C19H22BrN. The molecule has 110 valence electrons. The van der Waals surface area contributed by atoms with Crippen LogP contribution in [-0.2, 0) is 12.8 Å². The van der Waals surface area contributed by atoms with Gasteiger partial charge in [-0.15, -0.1) is 0 Å². The van der Waals surface area contributed by atoms with Gasteiger partial charge in [-0.3, -0.25) is 0 Å². The van der Waals surface area contributed by atoms with Crippen molar-refractivity contribution in [3.63, 3.8) is 0 Å². The largest absolute Gasteiger partial charge is 0.378 e. The zero-order valence-corrected chi connectivity index (χ0v) is 14.3. The summed E-state index contributed by atoms with van der Waals surface area (Å²) in [5.41, 5.74) is 6.92. The molecule has 1 aliphatic carbocycles. The number of hydrogen-bond acceptors (Lipinski definition) is 1. The van der Waals surface area contributed by atoms with Gasteiger partial charge in [0.1, 0.15) is 0 Å². The molecule has 0 amide bonds. The maximum Gasteiger partial charge on any atom is 0.0491 e. The minimum Gasteiger partial charge on any atom is -0.378 e. The Kier molecular flexibility index (Phi) is 4.34. The summed E-state index contributed by atoms with van der Waals surface area (Å²) in [4.78, 5) is 0. The topological polar surface area (TPSA) is 12.0 Å². The van der Waals surface area contributed by atoms with Gasteiger partial charge < -0.3 is 5.32 Å². The van der Waals surface area contributed by atoms with E-state index < -0.39 is 0 Å². The number of rotatable bonds is 3. The number of fused-ring (bicyclic) bond motifs is 1. The number of nitrogens with one attached hydrogen (secondary N) is 1. The summed E-state index contributed by atoms with van der Waals surface area (Å²) in [6, 6.07) is 13.7. The van der Waals surface area contributed by atoms with Crippen LogP contribution in [0, 0.1) is 6.92 Å². The Morgan fingerprint density at radius 2 is 1.76 bits per heavy atom.